The van der Waals surface area contributed by atoms with Crippen LogP contribution in [-0.4, -0.2) is 29.2 Å². The molecule has 2 aromatic rings. The van der Waals surface area contributed by atoms with Gasteiger partial charge in [0.1, 0.15) is 6.10 Å². The summed E-state index contributed by atoms with van der Waals surface area (Å²) < 4.78 is 11.0. The van der Waals surface area contributed by atoms with Crippen molar-refractivity contribution in [3.8, 4) is 5.88 Å². The highest BCUT2D eigenvalue weighted by Crippen LogP contribution is 2.27. The number of non-ortho nitro benzene ring substituents is 1. The first-order chi connectivity index (χ1) is 11.6. The summed E-state index contributed by atoms with van der Waals surface area (Å²) in [7, 11) is 0. The van der Waals surface area contributed by atoms with Gasteiger partial charge in [0.15, 0.2) is 0 Å². The fraction of sp³-hybridized carbons (Fsp3) is 0.312. The van der Waals surface area contributed by atoms with Crippen LogP contribution in [0.2, 0.25) is 5.02 Å². The molecule has 0 bridgehead atoms. The van der Waals surface area contributed by atoms with Crippen LogP contribution in [0.3, 0.4) is 0 Å². The molecule has 8 heteroatoms. The van der Waals surface area contributed by atoms with Gasteiger partial charge < -0.3 is 14.8 Å². The minimum absolute atomic E-state index is 0.0380. The summed E-state index contributed by atoms with van der Waals surface area (Å²) in [5.41, 5.74) is 1.56. The number of anilines is 1. The quantitative estimate of drug-likeness (QED) is 0.635. The molecule has 1 N–H and O–H groups in total. The highest BCUT2D eigenvalue weighted by atomic mass is 35.5. The van der Waals surface area contributed by atoms with E-state index in [1.165, 1.54) is 12.1 Å². The van der Waals surface area contributed by atoms with Crippen LogP contribution in [0.15, 0.2) is 36.5 Å². The first-order valence-corrected chi connectivity index (χ1v) is 7.87. The Morgan fingerprint density at radius 3 is 3.00 bits per heavy atom. The van der Waals surface area contributed by atoms with Crippen LogP contribution < -0.4 is 10.1 Å². The van der Waals surface area contributed by atoms with E-state index in [-0.39, 0.29) is 11.8 Å². The monoisotopic (exact) mass is 349 g/mol. The Morgan fingerprint density at radius 1 is 1.42 bits per heavy atom. The maximum Gasteiger partial charge on any atom is 0.271 e. The predicted molar refractivity (Wildman–Crippen MR) is 89.5 cm³/mol. The number of halogens is 1. The maximum atomic E-state index is 10.7. The molecule has 0 radical (unpaired) electrons. The van der Waals surface area contributed by atoms with E-state index >= 15 is 0 Å². The molecular weight excluding hydrogens is 334 g/mol. The van der Waals surface area contributed by atoms with Crippen molar-refractivity contribution in [3.05, 3.63) is 57.2 Å². The molecule has 126 valence electrons. The summed E-state index contributed by atoms with van der Waals surface area (Å²) >= 11 is 6.07. The van der Waals surface area contributed by atoms with E-state index in [1.54, 1.807) is 12.3 Å². The SMILES string of the molecule is O=[N+]([O-])c1ccc(NCc2ccnc(OC3CCOC3)c2)c(Cl)c1. The Bertz CT molecular complexity index is 735. The second-order valence-electron chi connectivity index (χ2n) is 5.38. The van der Waals surface area contributed by atoms with Gasteiger partial charge in [-0.3, -0.25) is 10.1 Å². The van der Waals surface area contributed by atoms with Gasteiger partial charge in [-0.05, 0) is 17.7 Å². The Kier molecular flexibility index (Phi) is 5.12. The highest BCUT2D eigenvalue weighted by Gasteiger charge is 2.17. The van der Waals surface area contributed by atoms with Crippen LogP contribution in [0.25, 0.3) is 0 Å². The number of rotatable bonds is 6. The lowest BCUT2D eigenvalue weighted by Crippen LogP contribution is -2.16. The number of nitrogens with one attached hydrogen (secondary N) is 1. The van der Waals surface area contributed by atoms with Gasteiger partial charge in [0, 0.05) is 37.4 Å². The van der Waals surface area contributed by atoms with Gasteiger partial charge in [-0.2, -0.15) is 0 Å². The number of hydrogen-bond donors (Lipinski definition) is 1. The second kappa shape index (κ2) is 7.46. The summed E-state index contributed by atoms with van der Waals surface area (Å²) in [6.45, 7) is 1.80. The van der Waals surface area contributed by atoms with Crippen LogP contribution in [0, 0.1) is 10.1 Å². The third-order valence-corrected chi connectivity index (χ3v) is 3.93. The van der Waals surface area contributed by atoms with E-state index in [0.29, 0.717) is 36.3 Å². The third kappa shape index (κ3) is 4.12. The molecule has 7 nitrogen and oxygen atoms in total. The van der Waals surface area contributed by atoms with Crippen molar-refractivity contribution in [3.63, 3.8) is 0 Å². The number of hydrogen-bond acceptors (Lipinski definition) is 6. The first kappa shape index (κ1) is 16.5. The minimum atomic E-state index is -0.477. The zero-order chi connectivity index (χ0) is 16.9. The molecule has 1 atom stereocenters. The predicted octanol–water partition coefficient (Wildman–Crippen LogP) is 3.42. The standard InChI is InChI=1S/C16H16ClN3O4/c17-14-8-12(20(21)22)1-2-15(14)19-9-11-3-5-18-16(7-11)24-13-4-6-23-10-13/h1-3,5,7-8,13,19H,4,6,9-10H2. The van der Waals surface area contributed by atoms with Gasteiger partial charge in [0.25, 0.3) is 5.69 Å². The molecule has 2 heterocycles. The average Bonchev–Trinajstić information content (AvgIpc) is 3.07. The number of aromatic nitrogens is 1. The van der Waals surface area contributed by atoms with Crippen molar-refractivity contribution in [1.29, 1.82) is 0 Å². The zero-order valence-electron chi connectivity index (χ0n) is 12.8. The minimum Gasteiger partial charge on any atom is -0.472 e. The number of pyridine rings is 1. The molecule has 1 aliphatic rings. The fourth-order valence-corrected chi connectivity index (χ4v) is 2.60. The topological polar surface area (TPSA) is 86.5 Å². The number of nitro benzene ring substituents is 1. The Morgan fingerprint density at radius 2 is 2.29 bits per heavy atom. The molecule has 24 heavy (non-hydrogen) atoms. The van der Waals surface area contributed by atoms with Crippen molar-refractivity contribution < 1.29 is 14.4 Å². The molecule has 0 spiro atoms. The van der Waals surface area contributed by atoms with Crippen LogP contribution >= 0.6 is 11.6 Å². The molecule has 1 aromatic carbocycles. The second-order valence-corrected chi connectivity index (χ2v) is 5.79. The molecule has 1 saturated heterocycles. The van der Waals surface area contributed by atoms with Crippen LogP contribution in [0.1, 0.15) is 12.0 Å². The summed E-state index contributed by atoms with van der Waals surface area (Å²) in [5.74, 6) is 0.555. The van der Waals surface area contributed by atoms with E-state index < -0.39 is 4.92 Å². The largest absolute Gasteiger partial charge is 0.472 e. The average molecular weight is 350 g/mol. The van der Waals surface area contributed by atoms with Crippen LogP contribution in [0.4, 0.5) is 11.4 Å². The highest BCUT2D eigenvalue weighted by molar-refractivity contribution is 6.33. The van der Waals surface area contributed by atoms with Gasteiger partial charge in [-0.1, -0.05) is 11.6 Å². The van der Waals surface area contributed by atoms with Crippen LogP contribution in [-0.2, 0) is 11.3 Å². The van der Waals surface area contributed by atoms with E-state index in [2.05, 4.69) is 10.3 Å². The number of ether oxygens (including phenoxy) is 2. The number of benzene rings is 1. The lowest BCUT2D eigenvalue weighted by molar-refractivity contribution is -0.384. The lowest BCUT2D eigenvalue weighted by atomic mass is 10.2. The Hall–Kier alpha value is -2.38. The number of nitro groups is 1. The summed E-state index contributed by atoms with van der Waals surface area (Å²) in [6, 6.07) is 8.05. The molecule has 0 aliphatic carbocycles. The van der Waals surface area contributed by atoms with Gasteiger partial charge in [-0.15, -0.1) is 0 Å². The Labute approximate surface area is 143 Å². The molecule has 0 amide bonds. The molecule has 1 fully saturated rings. The lowest BCUT2D eigenvalue weighted by Gasteiger charge is -2.12. The van der Waals surface area contributed by atoms with E-state index in [9.17, 15) is 10.1 Å². The van der Waals surface area contributed by atoms with Crippen molar-refractivity contribution in [1.82, 2.24) is 4.98 Å². The molecule has 0 saturated carbocycles. The molecular formula is C16H16ClN3O4. The molecule has 1 unspecified atom stereocenters. The summed E-state index contributed by atoms with van der Waals surface area (Å²) in [6.07, 6.45) is 2.59. The molecule has 1 aliphatic heterocycles. The van der Waals surface area contributed by atoms with E-state index in [4.69, 9.17) is 21.1 Å². The third-order valence-electron chi connectivity index (χ3n) is 3.62. The van der Waals surface area contributed by atoms with Gasteiger partial charge in [0.05, 0.1) is 28.8 Å². The maximum absolute atomic E-state index is 10.7. The molecule has 3 rings (SSSR count). The van der Waals surface area contributed by atoms with Gasteiger partial charge >= 0.3 is 0 Å². The van der Waals surface area contributed by atoms with E-state index in [0.717, 1.165) is 12.0 Å². The summed E-state index contributed by atoms with van der Waals surface area (Å²) in [5, 5.41) is 14.2. The van der Waals surface area contributed by atoms with Crippen LogP contribution in [0.5, 0.6) is 5.88 Å². The molecule has 1 aromatic heterocycles. The van der Waals surface area contributed by atoms with Crippen molar-refractivity contribution in [2.24, 2.45) is 0 Å². The number of nitrogens with zero attached hydrogens (tertiary/aromatic N) is 2. The van der Waals surface area contributed by atoms with Gasteiger partial charge in [0.2, 0.25) is 5.88 Å². The smallest absolute Gasteiger partial charge is 0.271 e. The summed E-state index contributed by atoms with van der Waals surface area (Å²) in [4.78, 5) is 14.4. The Balaban J connectivity index is 1.63. The van der Waals surface area contributed by atoms with Crippen molar-refractivity contribution in [2.75, 3.05) is 18.5 Å². The normalized spacial score (nSPS) is 16.8. The first-order valence-electron chi connectivity index (χ1n) is 7.49. The zero-order valence-corrected chi connectivity index (χ0v) is 13.5. The van der Waals surface area contributed by atoms with Gasteiger partial charge in [-0.25, -0.2) is 4.98 Å². The van der Waals surface area contributed by atoms with E-state index in [1.807, 2.05) is 12.1 Å². The fourth-order valence-electron chi connectivity index (χ4n) is 2.36. The van der Waals surface area contributed by atoms with Crippen molar-refractivity contribution in [2.45, 2.75) is 19.1 Å². The van der Waals surface area contributed by atoms with Crippen molar-refractivity contribution >= 4 is 23.0 Å².